The number of rotatable bonds is 3. The Morgan fingerprint density at radius 3 is 2.78 bits per heavy atom. The SMILES string of the molecule is CCC1CCCC(NC(=O)C2CCC(C)NC2)C1. The van der Waals surface area contributed by atoms with Crippen molar-refractivity contribution >= 4 is 5.91 Å². The van der Waals surface area contributed by atoms with Crippen LogP contribution in [0.5, 0.6) is 0 Å². The lowest BCUT2D eigenvalue weighted by Gasteiger charge is -2.32. The van der Waals surface area contributed by atoms with Crippen molar-refractivity contribution in [1.82, 2.24) is 10.6 Å². The third kappa shape index (κ3) is 3.71. The summed E-state index contributed by atoms with van der Waals surface area (Å²) in [5, 5.41) is 6.70. The minimum Gasteiger partial charge on any atom is -0.353 e. The third-order valence-corrected chi connectivity index (χ3v) is 4.74. The van der Waals surface area contributed by atoms with Crippen LogP contribution < -0.4 is 10.6 Å². The van der Waals surface area contributed by atoms with Crippen LogP contribution in [-0.4, -0.2) is 24.5 Å². The first-order valence-electron chi connectivity index (χ1n) is 7.72. The number of hydrogen-bond acceptors (Lipinski definition) is 2. The first kappa shape index (κ1) is 13.9. The molecule has 2 N–H and O–H groups in total. The van der Waals surface area contributed by atoms with Crippen LogP contribution in [0.1, 0.15) is 58.8 Å². The topological polar surface area (TPSA) is 41.1 Å². The Labute approximate surface area is 111 Å². The molecule has 0 bridgehead atoms. The fourth-order valence-corrected chi connectivity index (χ4v) is 3.33. The summed E-state index contributed by atoms with van der Waals surface area (Å²) in [5.74, 6) is 1.31. The summed E-state index contributed by atoms with van der Waals surface area (Å²) >= 11 is 0. The maximum atomic E-state index is 12.2. The van der Waals surface area contributed by atoms with Crippen LogP contribution in [0.2, 0.25) is 0 Å². The van der Waals surface area contributed by atoms with E-state index in [1.54, 1.807) is 0 Å². The lowest BCUT2D eigenvalue weighted by atomic mass is 9.84. The van der Waals surface area contributed by atoms with E-state index in [0.717, 1.165) is 25.3 Å². The normalized spacial score (nSPS) is 37.2. The Kier molecular flexibility index (Phi) is 5.04. The van der Waals surface area contributed by atoms with Gasteiger partial charge in [0.1, 0.15) is 0 Å². The highest BCUT2D eigenvalue weighted by Gasteiger charge is 2.27. The molecule has 2 rings (SSSR count). The van der Waals surface area contributed by atoms with Gasteiger partial charge in [0.25, 0.3) is 0 Å². The van der Waals surface area contributed by atoms with Crippen molar-refractivity contribution in [2.75, 3.05) is 6.54 Å². The van der Waals surface area contributed by atoms with Crippen LogP contribution in [0, 0.1) is 11.8 Å². The quantitative estimate of drug-likeness (QED) is 0.810. The van der Waals surface area contributed by atoms with Gasteiger partial charge in [-0.15, -0.1) is 0 Å². The molecule has 1 amide bonds. The molecule has 0 aromatic heterocycles. The lowest BCUT2D eigenvalue weighted by molar-refractivity contribution is -0.126. The minimum absolute atomic E-state index is 0.197. The summed E-state index contributed by atoms with van der Waals surface area (Å²) in [6.07, 6.45) is 8.44. The Hall–Kier alpha value is -0.570. The highest BCUT2D eigenvalue weighted by atomic mass is 16.2. The molecule has 2 aliphatic rings. The van der Waals surface area contributed by atoms with Crippen LogP contribution in [0.3, 0.4) is 0 Å². The molecular formula is C15H28N2O. The molecule has 3 nitrogen and oxygen atoms in total. The number of amides is 1. The molecule has 4 unspecified atom stereocenters. The van der Waals surface area contributed by atoms with Crippen LogP contribution in [0.25, 0.3) is 0 Å². The standard InChI is InChI=1S/C15H28N2O/c1-3-12-5-4-6-14(9-12)17-15(18)13-8-7-11(2)16-10-13/h11-14,16H,3-10H2,1-2H3,(H,17,18). The molecule has 104 valence electrons. The first-order valence-corrected chi connectivity index (χ1v) is 7.72. The molecule has 0 aromatic rings. The van der Waals surface area contributed by atoms with Gasteiger partial charge in [-0.05, 0) is 38.5 Å². The van der Waals surface area contributed by atoms with Gasteiger partial charge in [-0.25, -0.2) is 0 Å². The molecule has 1 saturated heterocycles. The summed E-state index contributed by atoms with van der Waals surface area (Å²) in [6, 6.07) is 1.02. The zero-order valence-electron chi connectivity index (χ0n) is 11.9. The molecule has 18 heavy (non-hydrogen) atoms. The average molecular weight is 252 g/mol. The molecule has 1 aliphatic heterocycles. The molecule has 1 aliphatic carbocycles. The van der Waals surface area contributed by atoms with E-state index in [0.29, 0.717) is 12.1 Å². The molecule has 0 radical (unpaired) electrons. The molecular weight excluding hydrogens is 224 g/mol. The Balaban J connectivity index is 1.76. The Morgan fingerprint density at radius 2 is 2.11 bits per heavy atom. The average Bonchev–Trinajstić information content (AvgIpc) is 2.39. The van der Waals surface area contributed by atoms with Crippen molar-refractivity contribution in [2.45, 2.75) is 70.9 Å². The second-order valence-electron chi connectivity index (χ2n) is 6.23. The fraction of sp³-hybridized carbons (Fsp3) is 0.933. The van der Waals surface area contributed by atoms with Gasteiger partial charge in [0.05, 0.1) is 5.92 Å². The molecule has 1 saturated carbocycles. The van der Waals surface area contributed by atoms with Crippen LogP contribution in [0.4, 0.5) is 0 Å². The molecule has 2 fully saturated rings. The highest BCUT2D eigenvalue weighted by molar-refractivity contribution is 5.79. The molecule has 0 aromatic carbocycles. The van der Waals surface area contributed by atoms with E-state index in [1.807, 2.05) is 0 Å². The van der Waals surface area contributed by atoms with Crippen molar-refractivity contribution in [2.24, 2.45) is 11.8 Å². The van der Waals surface area contributed by atoms with Gasteiger partial charge in [-0.3, -0.25) is 4.79 Å². The number of piperidine rings is 1. The molecule has 1 heterocycles. The smallest absolute Gasteiger partial charge is 0.224 e. The number of carbonyl (C=O) groups excluding carboxylic acids is 1. The van der Waals surface area contributed by atoms with Crippen molar-refractivity contribution in [3.8, 4) is 0 Å². The molecule has 0 spiro atoms. The largest absolute Gasteiger partial charge is 0.353 e. The maximum absolute atomic E-state index is 12.2. The summed E-state index contributed by atoms with van der Waals surface area (Å²) < 4.78 is 0. The van der Waals surface area contributed by atoms with Crippen molar-refractivity contribution in [3.05, 3.63) is 0 Å². The van der Waals surface area contributed by atoms with Gasteiger partial charge in [0.15, 0.2) is 0 Å². The van der Waals surface area contributed by atoms with Gasteiger partial charge in [0.2, 0.25) is 5.91 Å². The minimum atomic E-state index is 0.197. The third-order valence-electron chi connectivity index (χ3n) is 4.74. The van der Waals surface area contributed by atoms with E-state index in [9.17, 15) is 4.79 Å². The lowest BCUT2D eigenvalue weighted by Crippen LogP contribution is -2.47. The second kappa shape index (κ2) is 6.55. The van der Waals surface area contributed by atoms with E-state index in [4.69, 9.17) is 0 Å². The first-order chi connectivity index (χ1) is 8.69. The van der Waals surface area contributed by atoms with Gasteiger partial charge in [0, 0.05) is 18.6 Å². The zero-order chi connectivity index (χ0) is 13.0. The number of carbonyl (C=O) groups is 1. The summed E-state index contributed by atoms with van der Waals surface area (Å²) in [4.78, 5) is 12.2. The predicted octanol–water partition coefficient (Wildman–Crippen LogP) is 2.46. The molecule has 3 heteroatoms. The summed E-state index contributed by atoms with van der Waals surface area (Å²) in [7, 11) is 0. The molecule has 4 atom stereocenters. The van der Waals surface area contributed by atoms with Crippen LogP contribution in [0.15, 0.2) is 0 Å². The summed E-state index contributed by atoms with van der Waals surface area (Å²) in [6.45, 7) is 5.32. The zero-order valence-corrected chi connectivity index (χ0v) is 11.9. The Morgan fingerprint density at radius 1 is 1.28 bits per heavy atom. The van der Waals surface area contributed by atoms with E-state index in [-0.39, 0.29) is 11.8 Å². The maximum Gasteiger partial charge on any atom is 0.224 e. The van der Waals surface area contributed by atoms with Gasteiger partial charge >= 0.3 is 0 Å². The van der Waals surface area contributed by atoms with Gasteiger partial charge in [-0.1, -0.05) is 26.2 Å². The van der Waals surface area contributed by atoms with E-state index in [1.165, 1.54) is 32.1 Å². The monoisotopic (exact) mass is 252 g/mol. The predicted molar refractivity (Wildman–Crippen MR) is 74.4 cm³/mol. The van der Waals surface area contributed by atoms with Crippen LogP contribution >= 0.6 is 0 Å². The second-order valence-corrected chi connectivity index (χ2v) is 6.23. The highest BCUT2D eigenvalue weighted by Crippen LogP contribution is 2.27. The summed E-state index contributed by atoms with van der Waals surface area (Å²) in [5.41, 5.74) is 0. The van der Waals surface area contributed by atoms with Gasteiger partial charge < -0.3 is 10.6 Å². The van der Waals surface area contributed by atoms with E-state index in [2.05, 4.69) is 24.5 Å². The van der Waals surface area contributed by atoms with E-state index < -0.39 is 0 Å². The van der Waals surface area contributed by atoms with Gasteiger partial charge in [-0.2, -0.15) is 0 Å². The van der Waals surface area contributed by atoms with E-state index >= 15 is 0 Å². The van der Waals surface area contributed by atoms with Crippen molar-refractivity contribution in [1.29, 1.82) is 0 Å². The van der Waals surface area contributed by atoms with Crippen molar-refractivity contribution < 1.29 is 4.79 Å². The number of hydrogen-bond donors (Lipinski definition) is 2. The van der Waals surface area contributed by atoms with Crippen molar-refractivity contribution in [3.63, 3.8) is 0 Å². The Bertz CT molecular complexity index is 272. The fourth-order valence-electron chi connectivity index (χ4n) is 3.33. The van der Waals surface area contributed by atoms with Crippen LogP contribution in [-0.2, 0) is 4.79 Å². The number of nitrogens with one attached hydrogen (secondary N) is 2.